The van der Waals surface area contributed by atoms with Gasteiger partial charge in [-0.15, -0.1) is 0 Å². The lowest BCUT2D eigenvalue weighted by molar-refractivity contribution is -0.141. The van der Waals surface area contributed by atoms with Gasteiger partial charge in [-0.3, -0.25) is 24.1 Å². The quantitative estimate of drug-likeness (QED) is 0.336. The van der Waals surface area contributed by atoms with Gasteiger partial charge >= 0.3 is 6.18 Å². The predicted octanol–water partition coefficient (Wildman–Crippen LogP) is 5.01. The van der Waals surface area contributed by atoms with Crippen molar-refractivity contribution in [3.63, 3.8) is 0 Å². The zero-order valence-corrected chi connectivity index (χ0v) is 18.5. The summed E-state index contributed by atoms with van der Waals surface area (Å²) in [7, 11) is 0. The Morgan fingerprint density at radius 1 is 0.973 bits per heavy atom. The number of halogens is 5. The van der Waals surface area contributed by atoms with E-state index in [1.165, 1.54) is 35.3 Å². The molecule has 0 atom stereocenters. The van der Waals surface area contributed by atoms with Crippen molar-refractivity contribution in [2.24, 2.45) is 0 Å². The standard InChI is InChI=1S/C24H14F5N7O/c25-21(26)12-4-5-13(30-8-12)10-35-11-16-14-6-7-19(24(27,28)29)32-22(14)36(23(37)20(16)34-35)18-3-1-2-17-15(18)9-31-33-17/h1-9,11,21H,10H2,(H,31,33). The summed E-state index contributed by atoms with van der Waals surface area (Å²) in [5, 5.41) is 12.2. The van der Waals surface area contributed by atoms with Crippen LogP contribution in [0.25, 0.3) is 38.5 Å². The van der Waals surface area contributed by atoms with Crippen molar-refractivity contribution in [1.29, 1.82) is 0 Å². The average Bonchev–Trinajstić information content (AvgIpc) is 3.51. The van der Waals surface area contributed by atoms with Crippen molar-refractivity contribution >= 4 is 32.8 Å². The van der Waals surface area contributed by atoms with Crippen molar-refractivity contribution in [2.45, 2.75) is 19.1 Å². The summed E-state index contributed by atoms with van der Waals surface area (Å²) in [5.41, 5.74) is -0.989. The largest absolute Gasteiger partial charge is 0.433 e. The van der Waals surface area contributed by atoms with Crippen molar-refractivity contribution in [3.8, 4) is 5.69 Å². The van der Waals surface area contributed by atoms with E-state index in [0.29, 0.717) is 22.0 Å². The summed E-state index contributed by atoms with van der Waals surface area (Å²) in [6, 6.07) is 9.69. The fourth-order valence-corrected chi connectivity index (χ4v) is 4.24. The maximum atomic E-state index is 13.7. The highest BCUT2D eigenvalue weighted by Gasteiger charge is 2.33. The van der Waals surface area contributed by atoms with Gasteiger partial charge in [-0.05, 0) is 36.4 Å². The normalized spacial score (nSPS) is 12.4. The van der Waals surface area contributed by atoms with Gasteiger partial charge in [0.25, 0.3) is 12.0 Å². The van der Waals surface area contributed by atoms with Gasteiger partial charge in [0.15, 0.2) is 5.52 Å². The third-order valence-corrected chi connectivity index (χ3v) is 5.96. The van der Waals surface area contributed by atoms with E-state index in [2.05, 4.69) is 25.3 Å². The average molecular weight is 511 g/mol. The number of aromatic nitrogens is 7. The molecule has 1 N–H and O–H groups in total. The number of alkyl halides is 5. The molecule has 186 valence electrons. The van der Waals surface area contributed by atoms with E-state index in [9.17, 15) is 26.7 Å². The van der Waals surface area contributed by atoms with Crippen LogP contribution in [0.2, 0.25) is 0 Å². The van der Waals surface area contributed by atoms with E-state index in [0.717, 1.165) is 16.8 Å². The van der Waals surface area contributed by atoms with Crippen LogP contribution in [0.15, 0.2) is 65.8 Å². The molecule has 0 aliphatic carbocycles. The van der Waals surface area contributed by atoms with Crippen LogP contribution in [0.5, 0.6) is 0 Å². The fourth-order valence-electron chi connectivity index (χ4n) is 4.24. The monoisotopic (exact) mass is 511 g/mol. The number of fused-ring (bicyclic) bond motifs is 4. The lowest BCUT2D eigenvalue weighted by Crippen LogP contribution is -2.21. The summed E-state index contributed by atoms with van der Waals surface area (Å²) in [4.78, 5) is 21.5. The second-order valence-corrected chi connectivity index (χ2v) is 8.29. The molecule has 0 amide bonds. The lowest BCUT2D eigenvalue weighted by Gasteiger charge is -2.13. The number of hydrogen-bond donors (Lipinski definition) is 1. The molecule has 5 aromatic heterocycles. The van der Waals surface area contributed by atoms with Crippen molar-refractivity contribution in [2.75, 3.05) is 0 Å². The first-order valence-corrected chi connectivity index (χ1v) is 10.9. The number of H-pyrrole nitrogens is 1. The van der Waals surface area contributed by atoms with Crippen LogP contribution in [0.4, 0.5) is 22.0 Å². The zero-order chi connectivity index (χ0) is 25.9. The minimum Gasteiger partial charge on any atom is -0.278 e. The molecule has 37 heavy (non-hydrogen) atoms. The van der Waals surface area contributed by atoms with Gasteiger partial charge < -0.3 is 0 Å². The lowest BCUT2D eigenvalue weighted by atomic mass is 10.1. The van der Waals surface area contributed by atoms with E-state index >= 15 is 0 Å². The number of rotatable bonds is 4. The van der Waals surface area contributed by atoms with E-state index in [1.54, 1.807) is 18.2 Å². The third-order valence-electron chi connectivity index (χ3n) is 5.96. The van der Waals surface area contributed by atoms with Gasteiger partial charge in [0.2, 0.25) is 0 Å². The summed E-state index contributed by atoms with van der Waals surface area (Å²) in [5.74, 6) is 0. The van der Waals surface area contributed by atoms with E-state index in [4.69, 9.17) is 0 Å². The molecule has 0 bridgehead atoms. The number of nitrogens with one attached hydrogen (secondary N) is 1. The van der Waals surface area contributed by atoms with Crippen LogP contribution < -0.4 is 5.56 Å². The Kier molecular flexibility index (Phi) is 5.03. The van der Waals surface area contributed by atoms with E-state index < -0.39 is 23.9 Å². The first kappa shape index (κ1) is 22.8. The Morgan fingerprint density at radius 3 is 2.54 bits per heavy atom. The Morgan fingerprint density at radius 2 is 1.81 bits per heavy atom. The molecule has 6 rings (SSSR count). The maximum Gasteiger partial charge on any atom is 0.433 e. The molecule has 0 saturated carbocycles. The molecule has 13 heteroatoms. The van der Waals surface area contributed by atoms with Crippen LogP contribution >= 0.6 is 0 Å². The molecule has 0 saturated heterocycles. The number of hydrogen-bond acceptors (Lipinski definition) is 5. The molecule has 5 heterocycles. The Balaban J connectivity index is 1.60. The molecule has 1 aromatic carbocycles. The summed E-state index contributed by atoms with van der Waals surface area (Å²) >= 11 is 0. The first-order chi connectivity index (χ1) is 17.7. The number of aromatic amines is 1. The molecule has 0 fully saturated rings. The Labute approximate surface area is 203 Å². The molecule has 6 aromatic rings. The zero-order valence-electron chi connectivity index (χ0n) is 18.5. The molecule has 0 radical (unpaired) electrons. The summed E-state index contributed by atoms with van der Waals surface area (Å²) in [6.45, 7) is 0.0461. The SMILES string of the molecule is O=c1c2nn(Cc3ccc(C(F)F)cn3)cc2c2ccc(C(F)(F)F)nc2n1-c1cccc2[nH]ncc12. The number of nitrogens with zero attached hydrogens (tertiary/aromatic N) is 6. The third kappa shape index (κ3) is 3.79. The van der Waals surface area contributed by atoms with Gasteiger partial charge in [0, 0.05) is 34.1 Å². The molecule has 0 unspecified atom stereocenters. The van der Waals surface area contributed by atoms with E-state index in [1.807, 2.05) is 0 Å². The fraction of sp³-hybridized carbons (Fsp3) is 0.125. The maximum absolute atomic E-state index is 13.7. The smallest absolute Gasteiger partial charge is 0.278 e. The van der Waals surface area contributed by atoms with Crippen LogP contribution in [0.1, 0.15) is 23.4 Å². The molecule has 0 aliphatic rings. The summed E-state index contributed by atoms with van der Waals surface area (Å²) < 4.78 is 68.8. The van der Waals surface area contributed by atoms with Crippen LogP contribution in [-0.2, 0) is 12.7 Å². The minimum absolute atomic E-state index is 0.00115. The van der Waals surface area contributed by atoms with Crippen molar-refractivity contribution < 1.29 is 22.0 Å². The van der Waals surface area contributed by atoms with Crippen molar-refractivity contribution in [1.82, 2.24) is 34.5 Å². The van der Waals surface area contributed by atoms with Gasteiger partial charge in [-0.25, -0.2) is 13.8 Å². The number of pyridine rings is 3. The van der Waals surface area contributed by atoms with Crippen LogP contribution in [0.3, 0.4) is 0 Å². The summed E-state index contributed by atoms with van der Waals surface area (Å²) in [6.07, 6.45) is -3.37. The Hall–Kier alpha value is -4.68. The minimum atomic E-state index is -4.73. The van der Waals surface area contributed by atoms with Gasteiger partial charge in [0.1, 0.15) is 11.3 Å². The molecule has 0 spiro atoms. The number of benzene rings is 1. The van der Waals surface area contributed by atoms with Gasteiger partial charge in [-0.1, -0.05) is 6.07 Å². The second-order valence-electron chi connectivity index (χ2n) is 8.29. The predicted molar refractivity (Wildman–Crippen MR) is 124 cm³/mol. The first-order valence-electron chi connectivity index (χ1n) is 10.9. The van der Waals surface area contributed by atoms with Gasteiger partial charge in [-0.2, -0.15) is 23.4 Å². The molecular weight excluding hydrogens is 497 g/mol. The van der Waals surface area contributed by atoms with Gasteiger partial charge in [0.05, 0.1) is 29.6 Å². The highest BCUT2D eigenvalue weighted by Crippen LogP contribution is 2.32. The van der Waals surface area contributed by atoms with Crippen LogP contribution in [-0.4, -0.2) is 34.5 Å². The molecular formula is C24H14F5N7O. The highest BCUT2D eigenvalue weighted by molar-refractivity contribution is 6.04. The van der Waals surface area contributed by atoms with Crippen molar-refractivity contribution in [3.05, 3.63) is 88.4 Å². The van der Waals surface area contributed by atoms with Crippen LogP contribution in [0, 0.1) is 0 Å². The topological polar surface area (TPSA) is 94.3 Å². The van der Waals surface area contributed by atoms with E-state index in [-0.39, 0.29) is 34.3 Å². The molecule has 0 aliphatic heterocycles. The second kappa shape index (κ2) is 8.18. The highest BCUT2D eigenvalue weighted by atomic mass is 19.4. The molecule has 8 nitrogen and oxygen atoms in total. The Bertz CT molecular complexity index is 1850.